The molecule has 0 saturated carbocycles. The van der Waals surface area contributed by atoms with Gasteiger partial charge in [-0.05, 0) is 66.9 Å². The van der Waals surface area contributed by atoms with Crippen molar-refractivity contribution < 1.29 is 50.9 Å². The van der Waals surface area contributed by atoms with E-state index in [1.807, 2.05) is 41.2 Å². The van der Waals surface area contributed by atoms with Gasteiger partial charge in [0.2, 0.25) is 0 Å². The van der Waals surface area contributed by atoms with Crippen molar-refractivity contribution in [1.82, 2.24) is 24.5 Å². The van der Waals surface area contributed by atoms with Gasteiger partial charge in [0, 0.05) is 43.2 Å². The molecule has 16 heteroatoms. The van der Waals surface area contributed by atoms with Crippen molar-refractivity contribution in [3.05, 3.63) is 78.5 Å². The lowest BCUT2D eigenvalue weighted by molar-refractivity contribution is -0.193. The number of ether oxygens (including phenoxy) is 1. The minimum absolute atomic E-state index is 0.355. The Hall–Kier alpha value is -4.73. The highest BCUT2D eigenvalue weighted by molar-refractivity contribution is 5.73. The second kappa shape index (κ2) is 14.6. The van der Waals surface area contributed by atoms with E-state index in [9.17, 15) is 26.3 Å². The fraction of sp³-hybridized carbons (Fsp3) is 0.321. The van der Waals surface area contributed by atoms with Crippen molar-refractivity contribution in [2.45, 2.75) is 37.7 Å². The molecule has 0 aliphatic carbocycles. The first-order valence-corrected chi connectivity index (χ1v) is 12.9. The average Bonchev–Trinajstić information content (AvgIpc) is 3.41. The summed E-state index contributed by atoms with van der Waals surface area (Å²) in [5, 5.41) is 19.1. The van der Waals surface area contributed by atoms with Gasteiger partial charge in [0.05, 0.1) is 7.11 Å². The molecule has 2 N–H and O–H groups in total. The Bertz CT molecular complexity index is 1520. The molecule has 3 aromatic heterocycles. The number of piperidine rings is 1. The number of rotatable bonds is 5. The molecule has 0 radical (unpaired) electrons. The van der Waals surface area contributed by atoms with Crippen LogP contribution in [0.1, 0.15) is 30.1 Å². The third kappa shape index (κ3) is 9.93. The highest BCUT2D eigenvalue weighted by Gasteiger charge is 2.38. The number of pyridine rings is 2. The lowest BCUT2D eigenvalue weighted by atomic mass is 9.97. The summed E-state index contributed by atoms with van der Waals surface area (Å²) in [6, 6.07) is 16.5. The molecule has 1 atom stereocenters. The molecule has 1 unspecified atom stereocenters. The summed E-state index contributed by atoms with van der Waals surface area (Å²) in [5.74, 6) is -3.31. The number of carbonyl (C=O) groups is 2. The predicted octanol–water partition coefficient (Wildman–Crippen LogP) is 5.45. The zero-order chi connectivity index (χ0) is 32.5. The molecule has 1 saturated heterocycles. The molecule has 4 heterocycles. The predicted molar refractivity (Wildman–Crippen MR) is 144 cm³/mol. The number of methoxy groups -OCH3 is 1. The molecule has 4 aromatic rings. The molecule has 5 rings (SSSR count). The minimum atomic E-state index is -5.08. The summed E-state index contributed by atoms with van der Waals surface area (Å²) in [6.07, 6.45) is -2.20. The van der Waals surface area contributed by atoms with Crippen LogP contribution in [0.2, 0.25) is 0 Å². The Morgan fingerprint density at radius 1 is 0.955 bits per heavy atom. The van der Waals surface area contributed by atoms with Crippen LogP contribution >= 0.6 is 0 Å². The Balaban J connectivity index is 0.000000317. The molecular weight excluding hydrogens is 600 g/mol. The third-order valence-electron chi connectivity index (χ3n) is 6.26. The summed E-state index contributed by atoms with van der Waals surface area (Å²) < 4.78 is 70.7. The van der Waals surface area contributed by atoms with Gasteiger partial charge in [-0.1, -0.05) is 12.1 Å². The second-order valence-electron chi connectivity index (χ2n) is 9.46. The standard InChI is InChI=1S/C24H25N5O.2C2HF3O2/c1-30-22-6-2-4-18(14-22)15-28-13-3-5-21(16-28)24-26-23-8-7-20(17-29(23)27-24)19-9-11-25-12-10-19;2*3-2(4,5)1(6)7/h2,4,6-12,14,17,21H,3,5,13,15-16H2,1H3;2*(H,6,7). The Kier molecular flexibility index (Phi) is 11.2. The van der Waals surface area contributed by atoms with Crippen LogP contribution in [-0.4, -0.2) is 79.2 Å². The van der Waals surface area contributed by atoms with Crippen LogP contribution in [0.4, 0.5) is 26.3 Å². The lowest BCUT2D eigenvalue weighted by Crippen LogP contribution is -2.34. The summed E-state index contributed by atoms with van der Waals surface area (Å²) in [5.41, 5.74) is 4.42. The van der Waals surface area contributed by atoms with Crippen LogP contribution in [0, 0.1) is 0 Å². The molecular formula is C28H27F6N5O5. The van der Waals surface area contributed by atoms with E-state index < -0.39 is 24.3 Å². The van der Waals surface area contributed by atoms with Crippen LogP contribution in [-0.2, 0) is 16.1 Å². The zero-order valence-electron chi connectivity index (χ0n) is 23.1. The van der Waals surface area contributed by atoms with Crippen molar-refractivity contribution in [2.75, 3.05) is 20.2 Å². The van der Waals surface area contributed by atoms with Gasteiger partial charge in [0.15, 0.2) is 11.5 Å². The Morgan fingerprint density at radius 2 is 1.59 bits per heavy atom. The summed E-state index contributed by atoms with van der Waals surface area (Å²) >= 11 is 0. The van der Waals surface area contributed by atoms with Gasteiger partial charge >= 0.3 is 24.3 Å². The van der Waals surface area contributed by atoms with Gasteiger partial charge < -0.3 is 14.9 Å². The van der Waals surface area contributed by atoms with Gasteiger partial charge in [-0.3, -0.25) is 9.88 Å². The van der Waals surface area contributed by atoms with Crippen molar-refractivity contribution in [1.29, 1.82) is 0 Å². The Labute approximate surface area is 246 Å². The zero-order valence-corrected chi connectivity index (χ0v) is 23.1. The van der Waals surface area contributed by atoms with E-state index in [4.69, 9.17) is 34.6 Å². The average molecular weight is 628 g/mol. The van der Waals surface area contributed by atoms with E-state index in [1.165, 1.54) is 5.56 Å². The van der Waals surface area contributed by atoms with Crippen molar-refractivity contribution in [3.63, 3.8) is 0 Å². The third-order valence-corrected chi connectivity index (χ3v) is 6.26. The summed E-state index contributed by atoms with van der Waals surface area (Å²) in [7, 11) is 1.71. The first-order valence-electron chi connectivity index (χ1n) is 12.9. The maximum absolute atomic E-state index is 10.6. The maximum Gasteiger partial charge on any atom is 0.490 e. The quantitative estimate of drug-likeness (QED) is 0.278. The number of hydrogen-bond acceptors (Lipinski definition) is 7. The van der Waals surface area contributed by atoms with E-state index in [-0.39, 0.29) is 0 Å². The second-order valence-corrected chi connectivity index (χ2v) is 9.46. The largest absolute Gasteiger partial charge is 0.497 e. The molecule has 236 valence electrons. The number of nitrogens with zero attached hydrogens (tertiary/aromatic N) is 5. The van der Waals surface area contributed by atoms with Gasteiger partial charge in [-0.25, -0.2) is 19.1 Å². The van der Waals surface area contributed by atoms with Crippen molar-refractivity contribution in [3.8, 4) is 16.9 Å². The molecule has 0 bridgehead atoms. The molecule has 0 amide bonds. The van der Waals surface area contributed by atoms with Crippen molar-refractivity contribution in [2.24, 2.45) is 0 Å². The van der Waals surface area contributed by atoms with Crippen LogP contribution in [0.25, 0.3) is 16.8 Å². The van der Waals surface area contributed by atoms with E-state index in [1.54, 1.807) is 7.11 Å². The van der Waals surface area contributed by atoms with Gasteiger partial charge in [-0.15, -0.1) is 0 Å². The Morgan fingerprint density at radius 3 is 2.18 bits per heavy atom. The molecule has 1 aliphatic rings. The number of hydrogen-bond donors (Lipinski definition) is 2. The SMILES string of the molecule is COc1cccc(CN2CCCC(c3nc4ccc(-c5ccncc5)cn4n3)C2)c1.O=C(O)C(F)(F)F.O=C(O)C(F)(F)F. The number of aliphatic carboxylic acids is 2. The molecule has 0 spiro atoms. The molecule has 44 heavy (non-hydrogen) atoms. The first kappa shape index (κ1) is 33.8. The van der Waals surface area contributed by atoms with Crippen LogP contribution < -0.4 is 4.74 Å². The van der Waals surface area contributed by atoms with Crippen LogP contribution in [0.5, 0.6) is 5.75 Å². The summed E-state index contributed by atoms with van der Waals surface area (Å²) in [6.45, 7) is 3.01. The maximum atomic E-state index is 10.6. The van der Waals surface area contributed by atoms with E-state index in [0.717, 1.165) is 60.8 Å². The van der Waals surface area contributed by atoms with Gasteiger partial charge in [-0.2, -0.15) is 31.4 Å². The van der Waals surface area contributed by atoms with E-state index in [2.05, 4.69) is 40.3 Å². The molecule has 10 nitrogen and oxygen atoms in total. The first-order chi connectivity index (χ1) is 20.7. The van der Waals surface area contributed by atoms with E-state index >= 15 is 0 Å². The van der Waals surface area contributed by atoms with Gasteiger partial charge in [0.25, 0.3) is 0 Å². The van der Waals surface area contributed by atoms with Crippen molar-refractivity contribution >= 4 is 17.6 Å². The molecule has 1 aromatic carbocycles. The van der Waals surface area contributed by atoms with Crippen LogP contribution in [0.15, 0.2) is 67.1 Å². The number of benzene rings is 1. The van der Waals surface area contributed by atoms with Crippen LogP contribution in [0.3, 0.4) is 0 Å². The fourth-order valence-corrected chi connectivity index (χ4v) is 4.23. The smallest absolute Gasteiger partial charge is 0.490 e. The minimum Gasteiger partial charge on any atom is -0.497 e. The lowest BCUT2D eigenvalue weighted by Gasteiger charge is -2.31. The van der Waals surface area contributed by atoms with Gasteiger partial charge in [0.1, 0.15) is 5.75 Å². The monoisotopic (exact) mass is 627 g/mol. The number of carboxylic acids is 2. The molecule has 1 fully saturated rings. The number of aromatic nitrogens is 4. The topological polar surface area (TPSA) is 130 Å². The number of likely N-dealkylation sites (tertiary alicyclic amines) is 1. The highest BCUT2D eigenvalue weighted by Crippen LogP contribution is 2.27. The number of halogens is 6. The number of carboxylic acid groups (broad SMARTS) is 2. The van der Waals surface area contributed by atoms with E-state index in [0.29, 0.717) is 5.92 Å². The normalized spacial score (nSPS) is 15.4. The number of alkyl halides is 6. The highest BCUT2D eigenvalue weighted by atomic mass is 19.4. The molecule has 1 aliphatic heterocycles. The fourth-order valence-electron chi connectivity index (χ4n) is 4.23. The number of fused-ring (bicyclic) bond motifs is 1. The summed E-state index contributed by atoms with van der Waals surface area (Å²) in [4.78, 5) is 29.2.